The molecule has 1 N–H and O–H groups in total. The number of nitrogens with zero attached hydrogens (tertiary/aromatic N) is 1. The molecule has 1 heterocycles. The average molecular weight is 331 g/mol. The molecule has 1 aromatic heterocycles. The number of carbonyl (C=O) groups excluding carboxylic acids is 1. The zero-order valence-electron chi connectivity index (χ0n) is 13.8. The lowest BCUT2D eigenvalue weighted by Gasteiger charge is -2.23. The van der Waals surface area contributed by atoms with Gasteiger partial charge in [-0.3, -0.25) is 9.59 Å². The Bertz CT molecular complexity index is 693. The van der Waals surface area contributed by atoms with Gasteiger partial charge < -0.3 is 19.2 Å². The molecule has 0 fully saturated rings. The number of carboxylic acid groups (broad SMARTS) is 1. The minimum Gasteiger partial charge on any atom is -0.481 e. The third-order valence-corrected chi connectivity index (χ3v) is 3.65. The van der Waals surface area contributed by atoms with E-state index in [0.29, 0.717) is 30.8 Å². The zero-order valence-corrected chi connectivity index (χ0v) is 13.8. The Labute approximate surface area is 140 Å². The normalized spacial score (nSPS) is 10.6. The van der Waals surface area contributed by atoms with Crippen molar-refractivity contribution in [1.82, 2.24) is 4.90 Å². The fourth-order valence-electron chi connectivity index (χ4n) is 2.47. The van der Waals surface area contributed by atoms with Gasteiger partial charge in [-0.2, -0.15) is 0 Å². The van der Waals surface area contributed by atoms with E-state index in [1.165, 1.54) is 6.26 Å². The van der Waals surface area contributed by atoms with Gasteiger partial charge in [0.2, 0.25) is 0 Å². The second-order valence-corrected chi connectivity index (χ2v) is 5.49. The van der Waals surface area contributed by atoms with Crippen molar-refractivity contribution in [3.63, 3.8) is 0 Å². The summed E-state index contributed by atoms with van der Waals surface area (Å²) in [6.45, 7) is 2.95. The minimum atomic E-state index is -1.04. The predicted octanol–water partition coefficient (Wildman–Crippen LogP) is 2.50. The molecule has 24 heavy (non-hydrogen) atoms. The molecule has 0 unspecified atom stereocenters. The minimum absolute atomic E-state index is 0.181. The third-order valence-electron chi connectivity index (χ3n) is 3.65. The Morgan fingerprint density at radius 1 is 1.25 bits per heavy atom. The summed E-state index contributed by atoms with van der Waals surface area (Å²) < 4.78 is 10.4. The molecule has 2 aromatic rings. The van der Waals surface area contributed by atoms with Crippen molar-refractivity contribution in [2.45, 2.75) is 19.9 Å². The molecule has 1 aromatic carbocycles. The third kappa shape index (κ3) is 4.45. The average Bonchev–Trinajstić information content (AvgIpc) is 2.91. The first-order valence-electron chi connectivity index (χ1n) is 7.63. The molecule has 0 atom stereocenters. The van der Waals surface area contributed by atoms with Crippen LogP contribution in [-0.2, 0) is 22.5 Å². The fraction of sp³-hybridized carbons (Fsp3) is 0.333. The predicted molar refractivity (Wildman–Crippen MR) is 87.8 cm³/mol. The van der Waals surface area contributed by atoms with Gasteiger partial charge in [-0.15, -0.1) is 0 Å². The number of rotatable bonds is 8. The fourth-order valence-corrected chi connectivity index (χ4v) is 2.47. The number of amides is 1. The van der Waals surface area contributed by atoms with E-state index in [1.807, 2.05) is 30.3 Å². The van der Waals surface area contributed by atoms with E-state index in [2.05, 4.69) is 0 Å². The number of hydrogen-bond donors (Lipinski definition) is 1. The molecule has 0 aliphatic heterocycles. The van der Waals surface area contributed by atoms with Crippen molar-refractivity contribution in [3.05, 3.63) is 59.0 Å². The summed E-state index contributed by atoms with van der Waals surface area (Å²) in [6, 6.07) is 9.61. The van der Waals surface area contributed by atoms with Crippen LogP contribution in [0.25, 0.3) is 0 Å². The van der Waals surface area contributed by atoms with E-state index in [0.717, 1.165) is 5.56 Å². The van der Waals surface area contributed by atoms with Crippen molar-refractivity contribution >= 4 is 11.9 Å². The van der Waals surface area contributed by atoms with Crippen molar-refractivity contribution in [1.29, 1.82) is 0 Å². The van der Waals surface area contributed by atoms with E-state index < -0.39 is 5.97 Å². The summed E-state index contributed by atoms with van der Waals surface area (Å²) in [7, 11) is 1.57. The molecule has 0 spiro atoms. The van der Waals surface area contributed by atoms with Gasteiger partial charge in [0.05, 0.1) is 18.4 Å². The summed E-state index contributed by atoms with van der Waals surface area (Å²) in [5, 5.41) is 8.99. The molecule has 6 nitrogen and oxygen atoms in total. The first-order chi connectivity index (χ1) is 11.5. The van der Waals surface area contributed by atoms with E-state index in [9.17, 15) is 9.59 Å². The van der Waals surface area contributed by atoms with Gasteiger partial charge in [0, 0.05) is 25.8 Å². The topological polar surface area (TPSA) is 80.0 Å². The maximum absolute atomic E-state index is 13.0. The van der Waals surface area contributed by atoms with Crippen LogP contribution in [0.3, 0.4) is 0 Å². The first kappa shape index (κ1) is 17.7. The summed E-state index contributed by atoms with van der Waals surface area (Å²) >= 11 is 0. The number of furan rings is 1. The van der Waals surface area contributed by atoms with Crippen LogP contribution in [-0.4, -0.2) is 42.1 Å². The molecule has 6 heteroatoms. The first-order valence-corrected chi connectivity index (χ1v) is 7.63. The number of ether oxygens (including phenoxy) is 1. The highest BCUT2D eigenvalue weighted by Crippen LogP contribution is 2.21. The molecular weight excluding hydrogens is 310 g/mol. The lowest BCUT2D eigenvalue weighted by molar-refractivity contribution is -0.136. The molecule has 0 radical (unpaired) electrons. The van der Waals surface area contributed by atoms with Gasteiger partial charge in [-0.25, -0.2) is 0 Å². The zero-order chi connectivity index (χ0) is 17.5. The standard InChI is InChI=1S/C18H21NO5/c1-13-12-24-15(10-16(20)21)17(13)18(22)19(8-9-23-2)11-14-6-4-3-5-7-14/h3-7,12H,8-11H2,1-2H3,(H,20,21). The molecule has 128 valence electrons. The van der Waals surface area contributed by atoms with Gasteiger partial charge in [0.25, 0.3) is 5.91 Å². The van der Waals surface area contributed by atoms with Crippen LogP contribution >= 0.6 is 0 Å². The highest BCUT2D eigenvalue weighted by Gasteiger charge is 2.25. The summed E-state index contributed by atoms with van der Waals surface area (Å²) in [5.41, 5.74) is 1.94. The molecule has 1 amide bonds. The largest absolute Gasteiger partial charge is 0.481 e. The van der Waals surface area contributed by atoms with E-state index >= 15 is 0 Å². The Balaban J connectivity index is 2.27. The van der Waals surface area contributed by atoms with Crippen LogP contribution < -0.4 is 0 Å². The van der Waals surface area contributed by atoms with E-state index in [-0.39, 0.29) is 18.1 Å². The Morgan fingerprint density at radius 2 is 1.96 bits per heavy atom. The smallest absolute Gasteiger partial charge is 0.311 e. The monoisotopic (exact) mass is 331 g/mol. The van der Waals surface area contributed by atoms with Crippen molar-refractivity contribution in [2.75, 3.05) is 20.3 Å². The van der Waals surface area contributed by atoms with Crippen LogP contribution in [0.5, 0.6) is 0 Å². The quantitative estimate of drug-likeness (QED) is 0.804. The summed E-state index contributed by atoms with van der Waals surface area (Å²) in [4.78, 5) is 25.6. The number of hydrogen-bond acceptors (Lipinski definition) is 4. The second kappa shape index (κ2) is 8.31. The maximum atomic E-state index is 13.0. The number of aryl methyl sites for hydroxylation is 1. The Kier molecular flexibility index (Phi) is 6.14. The van der Waals surface area contributed by atoms with Crippen molar-refractivity contribution in [3.8, 4) is 0 Å². The molecule has 0 bridgehead atoms. The molecule has 0 aliphatic rings. The van der Waals surface area contributed by atoms with Gasteiger partial charge in [-0.05, 0) is 12.5 Å². The van der Waals surface area contributed by atoms with Crippen LogP contribution in [0.4, 0.5) is 0 Å². The second-order valence-electron chi connectivity index (χ2n) is 5.49. The highest BCUT2D eigenvalue weighted by molar-refractivity contribution is 5.97. The van der Waals surface area contributed by atoms with Gasteiger partial charge in [-0.1, -0.05) is 30.3 Å². The number of aliphatic carboxylic acids is 1. The number of carbonyl (C=O) groups is 2. The summed E-state index contributed by atoms with van der Waals surface area (Å²) in [5.74, 6) is -1.11. The SMILES string of the molecule is COCCN(Cc1ccccc1)C(=O)c1c(C)coc1CC(=O)O. The molecule has 0 saturated heterocycles. The van der Waals surface area contributed by atoms with Crippen LogP contribution in [0.1, 0.15) is 27.2 Å². The van der Waals surface area contributed by atoms with E-state index in [1.54, 1.807) is 18.9 Å². The van der Waals surface area contributed by atoms with Gasteiger partial charge in [0.1, 0.15) is 12.2 Å². The van der Waals surface area contributed by atoms with Gasteiger partial charge in [0.15, 0.2) is 0 Å². The number of methoxy groups -OCH3 is 1. The lowest BCUT2D eigenvalue weighted by atomic mass is 10.1. The van der Waals surface area contributed by atoms with E-state index in [4.69, 9.17) is 14.3 Å². The van der Waals surface area contributed by atoms with Crippen LogP contribution in [0.2, 0.25) is 0 Å². The Morgan fingerprint density at radius 3 is 2.58 bits per heavy atom. The van der Waals surface area contributed by atoms with Crippen molar-refractivity contribution in [2.24, 2.45) is 0 Å². The molecule has 2 rings (SSSR count). The number of carboxylic acids is 1. The lowest BCUT2D eigenvalue weighted by Crippen LogP contribution is -2.34. The van der Waals surface area contributed by atoms with Gasteiger partial charge >= 0.3 is 5.97 Å². The maximum Gasteiger partial charge on any atom is 0.311 e. The molecular formula is C18H21NO5. The Hall–Kier alpha value is -2.60. The highest BCUT2D eigenvalue weighted by atomic mass is 16.5. The number of benzene rings is 1. The molecule has 0 aliphatic carbocycles. The van der Waals surface area contributed by atoms with Crippen LogP contribution in [0.15, 0.2) is 41.0 Å². The van der Waals surface area contributed by atoms with Crippen molar-refractivity contribution < 1.29 is 23.8 Å². The van der Waals surface area contributed by atoms with Crippen LogP contribution in [0, 0.1) is 6.92 Å². The summed E-state index contributed by atoms with van der Waals surface area (Å²) in [6.07, 6.45) is 1.10. The molecule has 0 saturated carbocycles.